The van der Waals surface area contributed by atoms with Gasteiger partial charge in [-0.15, -0.1) is 0 Å². The first-order chi connectivity index (χ1) is 6.45. The number of oxazole rings is 1. The van der Waals surface area contributed by atoms with Crippen LogP contribution in [0.2, 0.25) is 0 Å². The number of nitrogens with zero attached hydrogens (tertiary/aromatic N) is 1. The molecule has 0 bridgehead atoms. The summed E-state index contributed by atoms with van der Waals surface area (Å²) in [4.78, 5) is 3.74. The Labute approximate surface area is 95.5 Å². The van der Waals surface area contributed by atoms with Crippen LogP contribution in [-0.4, -0.2) is 4.98 Å². The monoisotopic (exact) mass is 179 g/mol. The fraction of sp³-hybridized carbons (Fsp3) is 0.182. The molecule has 0 saturated carbocycles. The molecule has 0 saturated heterocycles. The van der Waals surface area contributed by atoms with Crippen LogP contribution in [0.4, 0.5) is 0 Å². The predicted molar refractivity (Wildman–Crippen MR) is 49.2 cm³/mol. The summed E-state index contributed by atoms with van der Waals surface area (Å²) in [6, 6.07) is 10.3. The Morgan fingerprint density at radius 3 is 2.57 bits per heavy atom. The molecule has 0 amide bonds. The fourth-order valence-corrected chi connectivity index (χ4v) is 1.24. The fourth-order valence-electron chi connectivity index (χ4n) is 1.24. The van der Waals surface area contributed by atoms with Crippen LogP contribution >= 0.6 is 0 Å². The van der Waals surface area contributed by atoms with Crippen LogP contribution in [0, 0.1) is 6.39 Å². The van der Waals surface area contributed by atoms with Crippen LogP contribution in [-0.2, 0) is 12.8 Å². The third-order valence-corrected chi connectivity index (χ3v) is 1.94. The number of rotatable bonds is 3. The normalized spacial score (nSPS) is 9.43. The van der Waals surface area contributed by atoms with Gasteiger partial charge >= 0.3 is 18.9 Å². The minimum atomic E-state index is 0. The molecule has 0 N–H and O–H groups in total. The minimum Gasteiger partial charge on any atom is -0.578 e. The molecule has 0 aliphatic carbocycles. The zero-order valence-electron chi connectivity index (χ0n) is 8.23. The maximum Gasteiger partial charge on any atom is 1.00 e. The van der Waals surface area contributed by atoms with E-state index in [1.165, 1.54) is 5.56 Å². The van der Waals surface area contributed by atoms with Gasteiger partial charge in [-0.2, -0.15) is 0 Å². The van der Waals surface area contributed by atoms with Gasteiger partial charge in [0.25, 0.3) is 0 Å². The van der Waals surface area contributed by atoms with Crippen molar-refractivity contribution in [2.45, 2.75) is 12.8 Å². The van der Waals surface area contributed by atoms with Gasteiger partial charge in [-0.05, 0) is 24.2 Å². The number of benzene rings is 1. The van der Waals surface area contributed by atoms with Gasteiger partial charge in [0.1, 0.15) is 6.39 Å². The summed E-state index contributed by atoms with van der Waals surface area (Å²) in [5.74, 6) is 0.892. The summed E-state index contributed by atoms with van der Waals surface area (Å²) in [6.45, 7) is 0. The molecule has 2 rings (SSSR count). The van der Waals surface area contributed by atoms with Crippen molar-refractivity contribution in [1.29, 1.82) is 0 Å². The minimum absolute atomic E-state index is 0. The summed E-state index contributed by atoms with van der Waals surface area (Å²) in [5.41, 5.74) is 1.32. The zero-order valence-corrected chi connectivity index (χ0v) is 8.23. The maximum absolute atomic E-state index is 5.02. The van der Waals surface area contributed by atoms with Crippen LogP contribution in [0.25, 0.3) is 0 Å². The van der Waals surface area contributed by atoms with E-state index in [1.54, 1.807) is 6.20 Å². The average molecular weight is 179 g/mol. The molecule has 0 atom stereocenters. The van der Waals surface area contributed by atoms with Gasteiger partial charge in [-0.1, -0.05) is 36.5 Å². The van der Waals surface area contributed by atoms with Crippen molar-refractivity contribution < 1.29 is 23.3 Å². The molecule has 2 aromatic rings. The van der Waals surface area contributed by atoms with E-state index in [9.17, 15) is 0 Å². The van der Waals surface area contributed by atoms with E-state index in [4.69, 9.17) is 4.42 Å². The summed E-state index contributed by atoms with van der Waals surface area (Å²) in [6.07, 6.45) is 6.03. The standard InChI is InChI=1S/C11H10NO.Li/c1-2-4-10(5-3-1)6-7-11-8-12-9-13-11;/h1-5,8H,6-7H2;/q-1;+1. The first-order valence-electron chi connectivity index (χ1n) is 4.30. The molecule has 14 heavy (non-hydrogen) atoms. The van der Waals surface area contributed by atoms with Gasteiger partial charge in [-0.3, -0.25) is 0 Å². The van der Waals surface area contributed by atoms with Gasteiger partial charge in [0.2, 0.25) is 0 Å². The van der Waals surface area contributed by atoms with Crippen molar-refractivity contribution >= 4 is 0 Å². The van der Waals surface area contributed by atoms with E-state index >= 15 is 0 Å². The summed E-state index contributed by atoms with van der Waals surface area (Å²) in [7, 11) is 0. The average Bonchev–Trinajstić information content (AvgIpc) is 2.69. The number of hydrogen-bond donors (Lipinski definition) is 0. The Morgan fingerprint density at radius 2 is 1.93 bits per heavy atom. The molecule has 0 aliphatic heterocycles. The van der Waals surface area contributed by atoms with Crippen molar-refractivity contribution in [3.63, 3.8) is 0 Å². The second-order valence-corrected chi connectivity index (χ2v) is 2.90. The van der Waals surface area contributed by atoms with E-state index in [2.05, 4.69) is 23.5 Å². The Bertz CT molecular complexity index is 345. The molecule has 0 spiro atoms. The van der Waals surface area contributed by atoms with Crippen LogP contribution in [0.5, 0.6) is 0 Å². The molecular formula is C11H10LiNO. The molecule has 0 radical (unpaired) electrons. The van der Waals surface area contributed by atoms with E-state index in [0.29, 0.717) is 0 Å². The molecule has 1 aromatic carbocycles. The third kappa shape index (κ3) is 3.06. The first kappa shape index (κ1) is 11.1. The molecule has 0 aliphatic rings. The van der Waals surface area contributed by atoms with Crippen molar-refractivity contribution in [3.8, 4) is 0 Å². The zero-order chi connectivity index (χ0) is 8.93. The van der Waals surface area contributed by atoms with Crippen LogP contribution in [0.3, 0.4) is 0 Å². The Hall–Kier alpha value is -0.973. The predicted octanol–water partition coefficient (Wildman–Crippen LogP) is -0.736. The van der Waals surface area contributed by atoms with Gasteiger partial charge in [0.05, 0.1) is 0 Å². The molecule has 0 fully saturated rings. The van der Waals surface area contributed by atoms with E-state index in [-0.39, 0.29) is 18.9 Å². The van der Waals surface area contributed by atoms with Gasteiger partial charge in [0, 0.05) is 0 Å². The molecular weight excluding hydrogens is 169 g/mol. The van der Waals surface area contributed by atoms with Crippen LogP contribution in [0.15, 0.2) is 40.9 Å². The summed E-state index contributed by atoms with van der Waals surface area (Å²) < 4.78 is 5.02. The molecule has 2 nitrogen and oxygen atoms in total. The van der Waals surface area contributed by atoms with Crippen molar-refractivity contribution in [3.05, 3.63) is 54.2 Å². The van der Waals surface area contributed by atoms with Crippen molar-refractivity contribution in [2.24, 2.45) is 0 Å². The van der Waals surface area contributed by atoms with Gasteiger partial charge < -0.3 is 9.40 Å². The molecule has 0 unspecified atom stereocenters. The molecule has 3 heteroatoms. The van der Waals surface area contributed by atoms with Gasteiger partial charge in [0.15, 0.2) is 0 Å². The molecule has 1 aromatic heterocycles. The second kappa shape index (κ2) is 5.69. The van der Waals surface area contributed by atoms with Crippen molar-refractivity contribution in [2.75, 3.05) is 0 Å². The topological polar surface area (TPSA) is 26.0 Å². The van der Waals surface area contributed by atoms with E-state index in [0.717, 1.165) is 18.6 Å². The SMILES string of the molecule is [Li+].[c-]1ncc(CCc2ccccc2)o1. The quantitative estimate of drug-likeness (QED) is 0.458. The van der Waals surface area contributed by atoms with Crippen LogP contribution < -0.4 is 18.9 Å². The number of aromatic nitrogens is 1. The summed E-state index contributed by atoms with van der Waals surface area (Å²) >= 11 is 0. The van der Waals surface area contributed by atoms with E-state index < -0.39 is 0 Å². The van der Waals surface area contributed by atoms with Gasteiger partial charge in [-0.25, -0.2) is 0 Å². The van der Waals surface area contributed by atoms with E-state index in [1.807, 2.05) is 18.2 Å². The van der Waals surface area contributed by atoms with Crippen molar-refractivity contribution in [1.82, 2.24) is 4.98 Å². The smallest absolute Gasteiger partial charge is 0.578 e. The third-order valence-electron chi connectivity index (χ3n) is 1.94. The Balaban J connectivity index is 0.000000980. The second-order valence-electron chi connectivity index (χ2n) is 2.90. The maximum atomic E-state index is 5.02. The Morgan fingerprint density at radius 1 is 1.14 bits per heavy atom. The number of hydrogen-bond acceptors (Lipinski definition) is 2. The molecule has 66 valence electrons. The number of aryl methyl sites for hydroxylation is 2. The Kier molecular flexibility index (Phi) is 4.52. The molecule has 1 heterocycles. The van der Waals surface area contributed by atoms with Crippen LogP contribution in [0.1, 0.15) is 11.3 Å². The largest absolute Gasteiger partial charge is 1.00 e. The summed E-state index contributed by atoms with van der Waals surface area (Å²) in [5, 5.41) is 0. The first-order valence-corrected chi connectivity index (χ1v) is 4.30.